The van der Waals surface area contributed by atoms with Crippen molar-refractivity contribution in [3.8, 4) is 11.1 Å². The first-order valence-electron chi connectivity index (χ1n) is 16.7. The average Bonchev–Trinajstić information content (AvgIpc) is 3.48. The van der Waals surface area contributed by atoms with Gasteiger partial charge in [-0.2, -0.15) is 0 Å². The van der Waals surface area contributed by atoms with Gasteiger partial charge in [0.1, 0.15) is 17.1 Å². The molecule has 0 spiro atoms. The summed E-state index contributed by atoms with van der Waals surface area (Å²) in [4.78, 5) is 27.1. The van der Waals surface area contributed by atoms with Crippen molar-refractivity contribution >= 4 is 40.2 Å². The second-order valence-electron chi connectivity index (χ2n) is 13.5. The van der Waals surface area contributed by atoms with E-state index in [4.69, 9.17) is 0 Å². The summed E-state index contributed by atoms with van der Waals surface area (Å²) in [7, 11) is 2.21. The van der Waals surface area contributed by atoms with Crippen LogP contribution in [0.4, 0.5) is 17.1 Å². The summed E-state index contributed by atoms with van der Waals surface area (Å²) >= 11 is 1.48. The lowest BCUT2D eigenvalue weighted by Crippen LogP contribution is -2.34. The zero-order valence-corrected chi connectivity index (χ0v) is 29.0. The van der Waals surface area contributed by atoms with Crippen molar-refractivity contribution in [2.45, 2.75) is 59.8 Å². The molecule has 1 heterocycles. The van der Waals surface area contributed by atoms with Crippen LogP contribution in [0.5, 0.6) is 0 Å². The third-order valence-corrected chi connectivity index (χ3v) is 9.92. The molecule has 0 unspecified atom stereocenters. The molecule has 1 N–H and O–H groups in total. The van der Waals surface area contributed by atoms with Crippen molar-refractivity contribution in [3.63, 3.8) is 0 Å². The molecule has 5 rings (SSSR count). The lowest BCUT2D eigenvalue weighted by Gasteiger charge is -2.34. The fraction of sp³-hybridized carbons (Fsp3) is 0.286. The van der Waals surface area contributed by atoms with Crippen LogP contribution < -0.4 is 4.48 Å². The van der Waals surface area contributed by atoms with Crippen LogP contribution in [0.3, 0.4) is 0 Å². The first kappa shape index (κ1) is 34.0. The topological polar surface area (TPSA) is 54.4 Å². The van der Waals surface area contributed by atoms with Crippen LogP contribution in [0.15, 0.2) is 109 Å². The van der Waals surface area contributed by atoms with Crippen LogP contribution in [0, 0.1) is 11.8 Å². The number of carboxylic acids is 1. The normalized spacial score (nSPS) is 11.7. The quantitative estimate of drug-likeness (QED) is 0.0967. The smallest absolute Gasteiger partial charge is 0.303 e. The number of carbonyl (C=O) groups is 2. The van der Waals surface area contributed by atoms with Crippen molar-refractivity contribution < 1.29 is 14.7 Å². The van der Waals surface area contributed by atoms with Crippen LogP contribution in [-0.2, 0) is 24.1 Å². The molecule has 47 heavy (non-hydrogen) atoms. The second-order valence-corrected chi connectivity index (χ2v) is 14.6. The van der Waals surface area contributed by atoms with Crippen molar-refractivity contribution in [1.29, 1.82) is 0 Å². The molecular formula is C42H46NO3S+. The number of ketones is 1. The van der Waals surface area contributed by atoms with Crippen molar-refractivity contribution in [2.24, 2.45) is 11.8 Å². The van der Waals surface area contributed by atoms with Crippen LogP contribution in [0.1, 0.15) is 71.8 Å². The Kier molecular flexibility index (Phi) is 10.9. The molecule has 0 aliphatic heterocycles. The molecule has 0 bridgehead atoms. The lowest BCUT2D eigenvalue weighted by molar-refractivity contribution is -0.137. The van der Waals surface area contributed by atoms with Gasteiger partial charge >= 0.3 is 5.97 Å². The van der Waals surface area contributed by atoms with Gasteiger partial charge in [-0.25, -0.2) is 4.48 Å². The van der Waals surface area contributed by atoms with Gasteiger partial charge in [0.25, 0.3) is 0 Å². The highest BCUT2D eigenvalue weighted by atomic mass is 32.1. The number of hydrogen-bond acceptors (Lipinski definition) is 3. The van der Waals surface area contributed by atoms with Gasteiger partial charge in [0, 0.05) is 53.3 Å². The molecule has 5 heteroatoms. The summed E-state index contributed by atoms with van der Waals surface area (Å²) in [6.07, 6.45) is 3.30. The van der Waals surface area contributed by atoms with E-state index in [-0.39, 0.29) is 12.2 Å². The van der Waals surface area contributed by atoms with E-state index in [1.165, 1.54) is 22.5 Å². The van der Waals surface area contributed by atoms with Crippen LogP contribution >= 0.6 is 11.3 Å². The maximum atomic E-state index is 14.2. The number of quaternary nitrogens is 1. The largest absolute Gasteiger partial charge is 0.481 e. The Balaban J connectivity index is 1.55. The molecule has 0 saturated carbocycles. The van der Waals surface area contributed by atoms with E-state index in [9.17, 15) is 14.7 Å². The van der Waals surface area contributed by atoms with Gasteiger partial charge in [-0.05, 0) is 65.8 Å². The Morgan fingerprint density at radius 1 is 0.702 bits per heavy atom. The van der Waals surface area contributed by atoms with Gasteiger partial charge in [-0.1, -0.05) is 94.4 Å². The van der Waals surface area contributed by atoms with Gasteiger partial charge in [0.05, 0.1) is 11.9 Å². The number of hydrogen-bond donors (Lipinski definition) is 1. The molecule has 5 aromatic rings. The molecular weight excluding hydrogens is 599 g/mol. The van der Waals surface area contributed by atoms with E-state index in [0.717, 1.165) is 45.9 Å². The predicted molar refractivity (Wildman–Crippen MR) is 197 cm³/mol. The Morgan fingerprint density at radius 2 is 1.28 bits per heavy atom. The maximum absolute atomic E-state index is 14.2. The van der Waals surface area contributed by atoms with E-state index in [1.54, 1.807) is 0 Å². The zero-order valence-electron chi connectivity index (χ0n) is 28.2. The highest BCUT2D eigenvalue weighted by Crippen LogP contribution is 2.43. The number of aliphatic carboxylic acids is 1. The molecule has 0 atom stereocenters. The number of aryl methyl sites for hydroxylation is 1. The summed E-state index contributed by atoms with van der Waals surface area (Å²) in [5.74, 6) is 0.330. The monoisotopic (exact) mass is 644 g/mol. The Hall–Kier alpha value is -4.32. The molecule has 4 nitrogen and oxygen atoms in total. The van der Waals surface area contributed by atoms with E-state index in [2.05, 4.69) is 89.3 Å². The van der Waals surface area contributed by atoms with Crippen LogP contribution in [0.25, 0.3) is 11.1 Å². The molecule has 0 saturated heterocycles. The standard InChI is InChI=1S/C42H45NO3S/c1-29(2)25-31-17-21-35(22-18-31)43(5,36-23-19-32(20-24-36)26-30(3)4)37-14-9-13-34(27-37)42(46)40-28-38(33-11-7-6-8-12-33)39(47-40)15-10-16-41(44)45/h6-9,11-14,17-24,27-30H,10,15-16,25-26H2,1-5H3/p+1. The first-order valence-corrected chi connectivity index (χ1v) is 17.5. The average molecular weight is 645 g/mol. The third kappa shape index (κ3) is 8.16. The molecule has 0 amide bonds. The SMILES string of the molecule is CC(C)Cc1ccc([N+](C)(c2ccc(CC(C)C)cc2)c2cccc(C(=O)c3cc(-c4ccccc4)c(CCCC(=O)O)s3)c2)cc1. The molecule has 0 aliphatic carbocycles. The summed E-state index contributed by atoms with van der Waals surface area (Å²) in [5.41, 5.74) is 8.57. The van der Waals surface area contributed by atoms with E-state index < -0.39 is 5.97 Å². The fourth-order valence-corrected chi connectivity index (χ4v) is 7.49. The summed E-state index contributed by atoms with van der Waals surface area (Å²) in [6.45, 7) is 8.96. The molecule has 0 aliphatic rings. The number of rotatable bonds is 14. The maximum Gasteiger partial charge on any atom is 0.303 e. The van der Waals surface area contributed by atoms with Gasteiger partial charge < -0.3 is 5.11 Å². The molecule has 4 aromatic carbocycles. The number of nitrogens with zero attached hydrogens (tertiary/aromatic N) is 1. The number of thiophene rings is 1. The number of carbonyl (C=O) groups excluding carboxylic acids is 1. The fourth-order valence-electron chi connectivity index (χ4n) is 6.31. The minimum atomic E-state index is -0.804. The van der Waals surface area contributed by atoms with Gasteiger partial charge in [0.15, 0.2) is 0 Å². The van der Waals surface area contributed by atoms with Crippen molar-refractivity contribution in [3.05, 3.63) is 136 Å². The summed E-state index contributed by atoms with van der Waals surface area (Å²) in [6, 6.07) is 37.9. The zero-order chi connectivity index (χ0) is 33.6. The van der Waals surface area contributed by atoms with Crippen LogP contribution in [-0.4, -0.2) is 23.9 Å². The molecule has 0 radical (unpaired) electrons. The van der Waals surface area contributed by atoms with Gasteiger partial charge in [0.2, 0.25) is 5.78 Å². The molecule has 1 aromatic heterocycles. The molecule has 0 fully saturated rings. The van der Waals surface area contributed by atoms with Crippen LogP contribution in [0.2, 0.25) is 0 Å². The second kappa shape index (κ2) is 15.1. The van der Waals surface area contributed by atoms with E-state index in [1.807, 2.05) is 54.6 Å². The minimum absolute atomic E-state index is 0.0235. The predicted octanol–water partition coefficient (Wildman–Crippen LogP) is 11.1. The summed E-state index contributed by atoms with van der Waals surface area (Å²) < 4.78 is 0.422. The highest BCUT2D eigenvalue weighted by molar-refractivity contribution is 7.14. The summed E-state index contributed by atoms with van der Waals surface area (Å²) in [5, 5.41) is 9.22. The van der Waals surface area contributed by atoms with Crippen molar-refractivity contribution in [1.82, 2.24) is 4.48 Å². The number of carboxylic acid groups (broad SMARTS) is 1. The van der Waals surface area contributed by atoms with Gasteiger partial charge in [-0.3, -0.25) is 9.59 Å². The number of benzene rings is 4. The minimum Gasteiger partial charge on any atom is -0.481 e. The highest BCUT2D eigenvalue weighted by Gasteiger charge is 2.32. The lowest BCUT2D eigenvalue weighted by atomic mass is 9.99. The van der Waals surface area contributed by atoms with Gasteiger partial charge in [-0.15, -0.1) is 11.3 Å². The van der Waals surface area contributed by atoms with Crippen molar-refractivity contribution in [2.75, 3.05) is 7.05 Å². The Morgan fingerprint density at radius 3 is 1.81 bits per heavy atom. The third-order valence-electron chi connectivity index (χ3n) is 8.73. The molecule has 242 valence electrons. The Bertz CT molecular complexity index is 1750. The van der Waals surface area contributed by atoms with E-state index >= 15 is 0 Å². The first-order chi connectivity index (χ1) is 22.5. The van der Waals surface area contributed by atoms with E-state index in [0.29, 0.717) is 39.6 Å². The Labute approximate surface area is 283 Å².